The highest BCUT2D eigenvalue weighted by molar-refractivity contribution is 6.05. The maximum absolute atomic E-state index is 12.9. The number of esters is 1. The lowest BCUT2D eigenvalue weighted by Crippen LogP contribution is -2.15. The third kappa shape index (κ3) is 7.45. The minimum absolute atomic E-state index is 0.119. The van der Waals surface area contributed by atoms with Crippen LogP contribution < -0.4 is 14.8 Å². The van der Waals surface area contributed by atoms with Crippen molar-refractivity contribution in [2.45, 2.75) is 34.6 Å². The van der Waals surface area contributed by atoms with E-state index in [4.69, 9.17) is 14.2 Å². The summed E-state index contributed by atoms with van der Waals surface area (Å²) in [5, 5.41) is 2.88. The van der Waals surface area contributed by atoms with Gasteiger partial charge in [-0.25, -0.2) is 4.79 Å². The summed E-state index contributed by atoms with van der Waals surface area (Å²) in [5.74, 6) is 0.960. The van der Waals surface area contributed by atoms with E-state index >= 15 is 0 Å². The van der Waals surface area contributed by atoms with E-state index in [1.165, 1.54) is 6.08 Å². The van der Waals surface area contributed by atoms with Crippen LogP contribution in [0.2, 0.25) is 0 Å². The molecule has 1 N–H and O–H groups in total. The molecule has 6 nitrogen and oxygen atoms in total. The largest absolute Gasteiger partial charge is 0.493 e. The molecule has 0 fully saturated rings. The summed E-state index contributed by atoms with van der Waals surface area (Å²) in [6.45, 7) is 14.8. The molecule has 0 unspecified atom stereocenters. The van der Waals surface area contributed by atoms with Gasteiger partial charge < -0.3 is 19.5 Å². The van der Waals surface area contributed by atoms with Gasteiger partial charge in [0.1, 0.15) is 18.1 Å². The van der Waals surface area contributed by atoms with Crippen LogP contribution in [0.1, 0.15) is 54.0 Å². The van der Waals surface area contributed by atoms with Gasteiger partial charge >= 0.3 is 5.97 Å². The van der Waals surface area contributed by atoms with E-state index in [1.54, 1.807) is 30.3 Å². The van der Waals surface area contributed by atoms with Crippen LogP contribution >= 0.6 is 0 Å². The third-order valence-electron chi connectivity index (χ3n) is 4.39. The van der Waals surface area contributed by atoms with Crippen LogP contribution in [0, 0.1) is 18.8 Å². The fourth-order valence-electron chi connectivity index (χ4n) is 2.69. The Morgan fingerprint density at radius 1 is 0.938 bits per heavy atom. The first-order valence-electron chi connectivity index (χ1n) is 10.8. The van der Waals surface area contributed by atoms with Gasteiger partial charge in [0.15, 0.2) is 0 Å². The summed E-state index contributed by atoms with van der Waals surface area (Å²) in [5.41, 5.74) is 2.24. The Morgan fingerprint density at radius 2 is 1.53 bits per heavy atom. The second-order valence-electron chi connectivity index (χ2n) is 8.44. The topological polar surface area (TPSA) is 73.9 Å². The summed E-state index contributed by atoms with van der Waals surface area (Å²) in [6, 6.07) is 10.2. The number of rotatable bonds is 11. The van der Waals surface area contributed by atoms with Gasteiger partial charge in [-0.05, 0) is 54.7 Å². The maximum Gasteiger partial charge on any atom is 0.338 e. The van der Waals surface area contributed by atoms with E-state index in [9.17, 15) is 9.59 Å². The highest BCUT2D eigenvalue weighted by Crippen LogP contribution is 2.28. The van der Waals surface area contributed by atoms with E-state index in [1.807, 2.05) is 26.8 Å². The van der Waals surface area contributed by atoms with Gasteiger partial charge in [-0.1, -0.05) is 46.4 Å². The van der Waals surface area contributed by atoms with E-state index in [-0.39, 0.29) is 18.4 Å². The zero-order valence-electron chi connectivity index (χ0n) is 19.6. The van der Waals surface area contributed by atoms with Crippen LogP contribution in [0.25, 0.3) is 0 Å². The molecule has 0 heterocycles. The predicted molar refractivity (Wildman–Crippen MR) is 127 cm³/mol. The van der Waals surface area contributed by atoms with Crippen LogP contribution in [0.15, 0.2) is 49.1 Å². The first kappa shape index (κ1) is 25.0. The second-order valence-corrected chi connectivity index (χ2v) is 8.44. The minimum atomic E-state index is -0.484. The van der Waals surface area contributed by atoms with Crippen molar-refractivity contribution in [3.8, 4) is 11.5 Å². The van der Waals surface area contributed by atoms with Crippen LogP contribution in [0.4, 0.5) is 5.69 Å². The van der Waals surface area contributed by atoms with Crippen molar-refractivity contribution < 1.29 is 23.8 Å². The molecule has 6 heteroatoms. The zero-order valence-corrected chi connectivity index (χ0v) is 19.6. The number of carbonyl (C=O) groups is 2. The summed E-state index contributed by atoms with van der Waals surface area (Å²) in [4.78, 5) is 25.1. The molecule has 32 heavy (non-hydrogen) atoms. The van der Waals surface area contributed by atoms with Gasteiger partial charge in [0.05, 0.1) is 24.5 Å². The van der Waals surface area contributed by atoms with E-state index in [0.29, 0.717) is 47.4 Å². The molecule has 0 aliphatic carbocycles. The van der Waals surface area contributed by atoms with Crippen molar-refractivity contribution in [3.05, 3.63) is 65.7 Å². The smallest absolute Gasteiger partial charge is 0.338 e. The third-order valence-corrected chi connectivity index (χ3v) is 4.39. The first-order valence-corrected chi connectivity index (χ1v) is 10.8. The molecule has 0 aliphatic heterocycles. The Morgan fingerprint density at radius 3 is 2.16 bits per heavy atom. The van der Waals surface area contributed by atoms with Gasteiger partial charge in [0, 0.05) is 5.56 Å². The second kappa shape index (κ2) is 11.9. The molecule has 2 aromatic rings. The van der Waals surface area contributed by atoms with E-state index in [2.05, 4.69) is 25.7 Å². The quantitative estimate of drug-likeness (QED) is 0.361. The number of amides is 1. The Labute approximate surface area is 190 Å². The Balaban J connectivity index is 2.25. The van der Waals surface area contributed by atoms with Crippen LogP contribution in [0.3, 0.4) is 0 Å². The van der Waals surface area contributed by atoms with Crippen molar-refractivity contribution in [2.24, 2.45) is 11.8 Å². The van der Waals surface area contributed by atoms with Gasteiger partial charge in [0.25, 0.3) is 5.91 Å². The maximum atomic E-state index is 12.9. The van der Waals surface area contributed by atoms with E-state index < -0.39 is 5.97 Å². The predicted octanol–water partition coefficient (Wildman–Crippen LogP) is 5.66. The summed E-state index contributed by atoms with van der Waals surface area (Å²) in [6.07, 6.45) is 1.50. The molecule has 0 aromatic heterocycles. The van der Waals surface area contributed by atoms with Crippen molar-refractivity contribution in [1.82, 2.24) is 0 Å². The Kier molecular flexibility index (Phi) is 9.32. The number of benzene rings is 2. The molecule has 0 radical (unpaired) electrons. The van der Waals surface area contributed by atoms with Crippen LogP contribution in [-0.4, -0.2) is 31.7 Å². The molecule has 0 saturated heterocycles. The number of anilines is 1. The van der Waals surface area contributed by atoms with Gasteiger partial charge in [-0.3, -0.25) is 4.79 Å². The monoisotopic (exact) mass is 439 g/mol. The molecule has 2 aromatic carbocycles. The lowest BCUT2D eigenvalue weighted by Gasteiger charge is -2.16. The molecule has 0 bridgehead atoms. The molecule has 0 atom stereocenters. The van der Waals surface area contributed by atoms with E-state index in [0.717, 1.165) is 5.56 Å². The molecule has 1 amide bonds. The fourth-order valence-corrected chi connectivity index (χ4v) is 2.69. The lowest BCUT2D eigenvalue weighted by molar-refractivity contribution is 0.0549. The molecule has 0 spiro atoms. The average Bonchev–Trinajstić information content (AvgIpc) is 2.75. The lowest BCUT2D eigenvalue weighted by atomic mass is 10.1. The van der Waals surface area contributed by atoms with Crippen molar-refractivity contribution in [3.63, 3.8) is 0 Å². The minimum Gasteiger partial charge on any atom is -0.493 e. The molecule has 0 aliphatic rings. The van der Waals surface area contributed by atoms with Crippen molar-refractivity contribution >= 4 is 17.6 Å². The van der Waals surface area contributed by atoms with Crippen LogP contribution in [-0.2, 0) is 4.74 Å². The number of ether oxygens (including phenoxy) is 3. The highest BCUT2D eigenvalue weighted by atomic mass is 16.5. The number of hydrogen-bond donors (Lipinski definition) is 1. The molecule has 172 valence electrons. The van der Waals surface area contributed by atoms with Gasteiger partial charge in [0.2, 0.25) is 0 Å². The van der Waals surface area contributed by atoms with Crippen molar-refractivity contribution in [1.29, 1.82) is 0 Å². The molecule has 0 saturated carbocycles. The van der Waals surface area contributed by atoms with Gasteiger partial charge in [-0.2, -0.15) is 0 Å². The highest BCUT2D eigenvalue weighted by Gasteiger charge is 2.16. The number of hydrogen-bond acceptors (Lipinski definition) is 5. The number of aryl methyl sites for hydroxylation is 1. The standard InChI is InChI=1S/C26H33NO5/c1-7-12-30-26(29)21-10-11-22(24(14-21)32-16-18(4)5)27-25(28)20-9-8-19(6)23(13-20)31-15-17(2)3/h7-11,13-14,17-18H,1,12,15-16H2,2-6H3,(H,27,28). The van der Waals surface area contributed by atoms with Crippen molar-refractivity contribution in [2.75, 3.05) is 25.1 Å². The Bertz CT molecular complexity index is 949. The average molecular weight is 440 g/mol. The number of carbonyl (C=O) groups excluding carboxylic acids is 2. The first-order chi connectivity index (χ1) is 15.2. The number of nitrogens with one attached hydrogen (secondary N) is 1. The fraction of sp³-hybridized carbons (Fsp3) is 0.385. The summed E-state index contributed by atoms with van der Waals surface area (Å²) in [7, 11) is 0. The normalized spacial score (nSPS) is 10.7. The summed E-state index contributed by atoms with van der Waals surface area (Å²) >= 11 is 0. The Hall–Kier alpha value is -3.28. The SMILES string of the molecule is C=CCOC(=O)c1ccc(NC(=O)c2ccc(C)c(OCC(C)C)c2)c(OCC(C)C)c1. The van der Waals surface area contributed by atoms with Crippen LogP contribution in [0.5, 0.6) is 11.5 Å². The molecule has 2 rings (SSSR count). The van der Waals surface area contributed by atoms with Gasteiger partial charge in [-0.15, -0.1) is 0 Å². The molecular weight excluding hydrogens is 406 g/mol. The zero-order chi connectivity index (χ0) is 23.7. The summed E-state index contributed by atoms with van der Waals surface area (Å²) < 4.78 is 16.8. The molecular formula is C26H33NO5.